The van der Waals surface area contributed by atoms with Crippen molar-refractivity contribution in [1.29, 1.82) is 0 Å². The number of pyridine rings is 1. The Balaban J connectivity index is 1.66. The Kier molecular flexibility index (Phi) is 6.20. The number of nitrogens with one attached hydrogen (secondary N) is 1. The number of carbonyl (C=O) groups is 1. The fourth-order valence-electron chi connectivity index (χ4n) is 3.72. The summed E-state index contributed by atoms with van der Waals surface area (Å²) < 4.78 is 48.8. The quantitative estimate of drug-likeness (QED) is 0.537. The smallest absolute Gasteiger partial charge is 0.267 e. The minimum atomic E-state index is -4.08. The number of ether oxygens (including phenoxy) is 1. The van der Waals surface area contributed by atoms with Gasteiger partial charge in [-0.05, 0) is 59.2 Å². The lowest BCUT2D eigenvalue weighted by Crippen LogP contribution is -2.32. The van der Waals surface area contributed by atoms with E-state index in [1.807, 2.05) is 13.8 Å². The molecule has 3 aromatic rings. The monoisotopic (exact) mass is 472 g/mol. The van der Waals surface area contributed by atoms with Crippen LogP contribution in [-0.4, -0.2) is 36.2 Å². The molecule has 0 radical (unpaired) electrons. The highest BCUT2D eigenvalue weighted by Crippen LogP contribution is 2.35. The summed E-state index contributed by atoms with van der Waals surface area (Å²) in [5, 5.41) is 4.08. The van der Waals surface area contributed by atoms with Crippen LogP contribution < -0.4 is 9.46 Å². The Bertz CT molecular complexity index is 1300. The van der Waals surface area contributed by atoms with E-state index in [1.165, 1.54) is 37.8 Å². The topological polar surface area (TPSA) is 103 Å². The molecule has 1 fully saturated rings. The zero-order valence-corrected chi connectivity index (χ0v) is 19.4. The van der Waals surface area contributed by atoms with Crippen molar-refractivity contribution in [3.05, 3.63) is 59.8 Å². The molecule has 174 valence electrons. The van der Waals surface area contributed by atoms with Gasteiger partial charge in [-0.3, -0.25) is 9.48 Å². The Morgan fingerprint density at radius 2 is 2.06 bits per heavy atom. The maximum atomic E-state index is 14.5. The molecule has 0 aliphatic heterocycles. The molecule has 0 spiro atoms. The second kappa shape index (κ2) is 8.93. The van der Waals surface area contributed by atoms with Crippen LogP contribution in [0.15, 0.2) is 47.8 Å². The Hall–Kier alpha value is -3.27. The summed E-state index contributed by atoms with van der Waals surface area (Å²) in [6, 6.07) is 6.26. The van der Waals surface area contributed by atoms with Gasteiger partial charge >= 0.3 is 0 Å². The maximum Gasteiger partial charge on any atom is 0.267 e. The zero-order valence-electron chi connectivity index (χ0n) is 18.6. The average molecular weight is 473 g/mol. The van der Waals surface area contributed by atoms with Gasteiger partial charge in [0.05, 0.1) is 25.8 Å². The summed E-state index contributed by atoms with van der Waals surface area (Å²) in [6.45, 7) is 3.77. The largest absolute Gasteiger partial charge is 0.481 e. The van der Waals surface area contributed by atoms with E-state index in [9.17, 15) is 17.6 Å². The van der Waals surface area contributed by atoms with Crippen molar-refractivity contribution in [3.8, 4) is 17.0 Å². The summed E-state index contributed by atoms with van der Waals surface area (Å²) in [5.74, 6) is -0.924. The number of halogens is 1. The molecule has 2 aromatic heterocycles. The van der Waals surface area contributed by atoms with Crippen LogP contribution in [0.2, 0.25) is 0 Å². The normalized spacial score (nSPS) is 13.8. The number of aromatic nitrogens is 3. The van der Waals surface area contributed by atoms with Gasteiger partial charge in [0.25, 0.3) is 10.0 Å². The molecule has 2 heterocycles. The van der Waals surface area contributed by atoms with Gasteiger partial charge in [0.1, 0.15) is 10.7 Å². The second-order valence-corrected chi connectivity index (χ2v) is 10.0. The molecule has 4 rings (SSSR count). The number of rotatable bonds is 8. The number of carbonyl (C=O) groups excluding carboxylic acids is 1. The lowest BCUT2D eigenvalue weighted by Gasteiger charge is -2.18. The highest BCUT2D eigenvalue weighted by atomic mass is 32.2. The van der Waals surface area contributed by atoms with E-state index >= 15 is 0 Å². The van der Waals surface area contributed by atoms with Gasteiger partial charge in [-0.25, -0.2) is 22.5 Å². The van der Waals surface area contributed by atoms with E-state index in [4.69, 9.17) is 4.74 Å². The SMILES string of the molecule is COc1cc(-c2cc(F)cc(C(C)C)c2CC(=O)NS(=O)(=O)c2cnn(C3CC3)c2)ccn1. The van der Waals surface area contributed by atoms with Crippen molar-refractivity contribution in [2.45, 2.75) is 50.0 Å². The first-order valence-corrected chi connectivity index (χ1v) is 12.1. The highest BCUT2D eigenvalue weighted by molar-refractivity contribution is 7.90. The number of benzene rings is 1. The summed E-state index contributed by atoms with van der Waals surface area (Å²) >= 11 is 0. The van der Waals surface area contributed by atoms with E-state index in [2.05, 4.69) is 14.8 Å². The first-order chi connectivity index (χ1) is 15.7. The molecule has 1 amide bonds. The molecule has 0 bridgehead atoms. The average Bonchev–Trinajstić information content (AvgIpc) is 3.49. The van der Waals surface area contributed by atoms with Crippen LogP contribution in [0.3, 0.4) is 0 Å². The van der Waals surface area contributed by atoms with Crippen LogP contribution in [0, 0.1) is 5.82 Å². The molecule has 1 aliphatic rings. The van der Waals surface area contributed by atoms with Gasteiger partial charge in [-0.15, -0.1) is 0 Å². The molecule has 1 saturated carbocycles. The van der Waals surface area contributed by atoms with Gasteiger partial charge in [0.15, 0.2) is 0 Å². The van der Waals surface area contributed by atoms with Crippen LogP contribution >= 0.6 is 0 Å². The van der Waals surface area contributed by atoms with E-state index in [0.29, 0.717) is 28.1 Å². The lowest BCUT2D eigenvalue weighted by atomic mass is 9.88. The van der Waals surface area contributed by atoms with Gasteiger partial charge in [-0.2, -0.15) is 5.10 Å². The van der Waals surface area contributed by atoms with E-state index < -0.39 is 21.7 Å². The maximum absolute atomic E-state index is 14.5. The molecule has 0 atom stereocenters. The Labute approximate surface area is 191 Å². The van der Waals surface area contributed by atoms with Crippen LogP contribution in [0.1, 0.15) is 49.8 Å². The van der Waals surface area contributed by atoms with Gasteiger partial charge in [0.2, 0.25) is 11.8 Å². The Morgan fingerprint density at radius 3 is 2.73 bits per heavy atom. The van der Waals surface area contributed by atoms with Gasteiger partial charge < -0.3 is 4.74 Å². The number of nitrogens with zero attached hydrogens (tertiary/aromatic N) is 3. The zero-order chi connectivity index (χ0) is 23.8. The van der Waals surface area contributed by atoms with Crippen LogP contribution in [0.5, 0.6) is 5.88 Å². The van der Waals surface area contributed by atoms with Crippen LogP contribution in [0.4, 0.5) is 4.39 Å². The predicted molar refractivity (Wildman–Crippen MR) is 120 cm³/mol. The van der Waals surface area contributed by atoms with E-state index in [0.717, 1.165) is 12.8 Å². The van der Waals surface area contributed by atoms with Crippen LogP contribution in [0.25, 0.3) is 11.1 Å². The first kappa shape index (κ1) is 22.9. The summed E-state index contributed by atoms with van der Waals surface area (Å²) in [4.78, 5) is 16.9. The summed E-state index contributed by atoms with van der Waals surface area (Å²) in [7, 11) is -2.61. The molecule has 0 unspecified atom stereocenters. The number of hydrogen-bond acceptors (Lipinski definition) is 6. The highest BCUT2D eigenvalue weighted by Gasteiger charge is 2.28. The van der Waals surface area contributed by atoms with Crippen molar-refractivity contribution in [1.82, 2.24) is 19.5 Å². The molecule has 10 heteroatoms. The summed E-state index contributed by atoms with van der Waals surface area (Å²) in [5.41, 5.74) is 2.25. The number of methoxy groups -OCH3 is 1. The minimum absolute atomic E-state index is 0.0648. The predicted octanol–water partition coefficient (Wildman–Crippen LogP) is 3.60. The second-order valence-electron chi connectivity index (χ2n) is 8.36. The summed E-state index contributed by atoms with van der Waals surface area (Å²) in [6.07, 6.45) is 5.86. The number of sulfonamides is 1. The van der Waals surface area contributed by atoms with E-state index in [-0.39, 0.29) is 23.3 Å². The third kappa shape index (κ3) is 5.05. The van der Waals surface area contributed by atoms with Crippen molar-refractivity contribution in [2.24, 2.45) is 0 Å². The number of hydrogen-bond donors (Lipinski definition) is 1. The molecular weight excluding hydrogens is 447 g/mol. The first-order valence-electron chi connectivity index (χ1n) is 10.6. The fraction of sp³-hybridized carbons (Fsp3) is 0.348. The molecule has 33 heavy (non-hydrogen) atoms. The van der Waals surface area contributed by atoms with Crippen LogP contribution in [-0.2, 0) is 21.2 Å². The molecule has 0 saturated heterocycles. The lowest BCUT2D eigenvalue weighted by molar-refractivity contribution is -0.118. The molecule has 1 aliphatic carbocycles. The molecular formula is C23H25FN4O4S. The van der Waals surface area contributed by atoms with Crippen molar-refractivity contribution in [2.75, 3.05) is 7.11 Å². The van der Waals surface area contributed by atoms with Crippen molar-refractivity contribution in [3.63, 3.8) is 0 Å². The van der Waals surface area contributed by atoms with Crippen molar-refractivity contribution >= 4 is 15.9 Å². The van der Waals surface area contributed by atoms with Gasteiger partial charge in [-0.1, -0.05) is 13.8 Å². The third-order valence-electron chi connectivity index (χ3n) is 5.52. The fourth-order valence-corrected chi connectivity index (χ4v) is 4.64. The Morgan fingerprint density at radius 1 is 1.30 bits per heavy atom. The van der Waals surface area contributed by atoms with Crippen molar-refractivity contribution < 1.29 is 22.3 Å². The number of amides is 1. The minimum Gasteiger partial charge on any atom is -0.481 e. The standard InChI is InChI=1S/C23H25FN4O4S/c1-14(2)19-9-16(24)10-20(15-6-7-25-23(8-15)32-3)21(19)11-22(29)27-33(30,31)18-12-26-28(13-18)17-4-5-17/h6-10,12-14,17H,4-5,11H2,1-3H3,(H,27,29). The molecule has 1 aromatic carbocycles. The molecule has 1 N–H and O–H groups in total. The third-order valence-corrected chi connectivity index (χ3v) is 6.85. The van der Waals surface area contributed by atoms with Gasteiger partial charge in [0, 0.05) is 18.5 Å². The molecule has 8 nitrogen and oxygen atoms in total. The van der Waals surface area contributed by atoms with E-state index in [1.54, 1.807) is 16.8 Å².